The molecule has 1 aliphatic carbocycles. The minimum atomic E-state index is -0.114. The van der Waals surface area contributed by atoms with Gasteiger partial charge in [-0.05, 0) is 38.3 Å². The third kappa shape index (κ3) is 3.22. The Labute approximate surface area is 131 Å². The lowest BCUT2D eigenvalue weighted by atomic mass is 10.3. The molecule has 4 nitrogen and oxygen atoms in total. The van der Waals surface area contributed by atoms with Crippen LogP contribution < -0.4 is 5.32 Å². The quantitative estimate of drug-likeness (QED) is 0.862. The smallest absolute Gasteiger partial charge is 0.261 e. The van der Waals surface area contributed by atoms with Crippen LogP contribution in [0.2, 0.25) is 0 Å². The molecule has 6 heteroatoms. The molecule has 0 atom stereocenters. The molecule has 1 N–H and O–H groups in total. The van der Waals surface area contributed by atoms with E-state index in [4.69, 9.17) is 0 Å². The zero-order valence-corrected chi connectivity index (χ0v) is 13.4. The van der Waals surface area contributed by atoms with Gasteiger partial charge in [0.25, 0.3) is 5.91 Å². The topological polar surface area (TPSA) is 59.1 Å². The van der Waals surface area contributed by atoms with E-state index in [1.807, 2.05) is 0 Å². The van der Waals surface area contributed by atoms with E-state index in [1.165, 1.54) is 35.3 Å². The van der Waals surface area contributed by atoms with Gasteiger partial charge >= 0.3 is 0 Å². The number of nitrogens with one attached hydrogen (secondary N) is 1. The van der Waals surface area contributed by atoms with E-state index in [1.54, 1.807) is 23.5 Å². The Morgan fingerprint density at radius 3 is 2.76 bits per heavy atom. The number of Topliss-reactive ketones (excluding diaryl/α,β-unsaturated/α-hetero) is 1. The second-order valence-electron chi connectivity index (χ2n) is 5.06. The van der Waals surface area contributed by atoms with Crippen LogP contribution >= 0.6 is 22.7 Å². The average Bonchev–Trinajstić information content (AvgIpc) is 3.13. The summed E-state index contributed by atoms with van der Waals surface area (Å²) in [7, 11) is 0. The number of aryl methyl sites for hydroxylation is 2. The lowest BCUT2D eigenvalue weighted by Gasteiger charge is -2.01. The number of aromatic nitrogens is 1. The van der Waals surface area contributed by atoms with Crippen LogP contribution in [0.25, 0.3) is 0 Å². The van der Waals surface area contributed by atoms with Gasteiger partial charge in [0.2, 0.25) is 0 Å². The molecule has 1 amide bonds. The SMILES string of the molecule is CC(=O)c1ccc(C(=O)NCCc2nc3c(s2)CCC3)s1. The lowest BCUT2D eigenvalue weighted by Crippen LogP contribution is -2.24. The van der Waals surface area contributed by atoms with Crippen molar-refractivity contribution in [2.75, 3.05) is 6.54 Å². The van der Waals surface area contributed by atoms with E-state index < -0.39 is 0 Å². The monoisotopic (exact) mass is 320 g/mol. The van der Waals surface area contributed by atoms with Crippen LogP contribution in [-0.4, -0.2) is 23.2 Å². The van der Waals surface area contributed by atoms with Crippen molar-refractivity contribution >= 4 is 34.4 Å². The van der Waals surface area contributed by atoms with Crippen LogP contribution in [0.15, 0.2) is 12.1 Å². The third-order valence-corrected chi connectivity index (χ3v) is 5.84. The van der Waals surface area contributed by atoms with Crippen molar-refractivity contribution in [3.05, 3.63) is 37.5 Å². The third-order valence-electron chi connectivity index (χ3n) is 3.44. The molecule has 110 valence electrons. The zero-order valence-electron chi connectivity index (χ0n) is 11.8. The van der Waals surface area contributed by atoms with Crippen LogP contribution in [-0.2, 0) is 19.3 Å². The molecule has 2 heterocycles. The normalized spacial score (nSPS) is 13.2. The summed E-state index contributed by atoms with van der Waals surface area (Å²) < 4.78 is 0. The van der Waals surface area contributed by atoms with Crippen LogP contribution in [0, 0.1) is 0 Å². The van der Waals surface area contributed by atoms with Crippen molar-refractivity contribution in [3.8, 4) is 0 Å². The molecule has 2 aromatic rings. The highest BCUT2D eigenvalue weighted by Crippen LogP contribution is 2.27. The van der Waals surface area contributed by atoms with Crippen LogP contribution in [0.5, 0.6) is 0 Å². The van der Waals surface area contributed by atoms with Crippen LogP contribution in [0.4, 0.5) is 0 Å². The molecule has 0 bridgehead atoms. The number of hydrogen-bond donors (Lipinski definition) is 1. The minimum Gasteiger partial charge on any atom is -0.351 e. The van der Waals surface area contributed by atoms with Gasteiger partial charge in [-0.3, -0.25) is 9.59 Å². The van der Waals surface area contributed by atoms with Crippen molar-refractivity contribution < 1.29 is 9.59 Å². The molecule has 0 radical (unpaired) electrons. The highest BCUT2D eigenvalue weighted by Gasteiger charge is 2.16. The maximum Gasteiger partial charge on any atom is 0.261 e. The van der Waals surface area contributed by atoms with Gasteiger partial charge in [-0.1, -0.05) is 0 Å². The number of fused-ring (bicyclic) bond motifs is 1. The second-order valence-corrected chi connectivity index (χ2v) is 7.31. The Morgan fingerprint density at radius 2 is 2.05 bits per heavy atom. The van der Waals surface area contributed by atoms with Crippen molar-refractivity contribution in [1.82, 2.24) is 10.3 Å². The summed E-state index contributed by atoms with van der Waals surface area (Å²) in [6, 6.07) is 3.40. The summed E-state index contributed by atoms with van der Waals surface area (Å²) in [6.45, 7) is 2.09. The number of thiazole rings is 1. The molecule has 0 saturated carbocycles. The molecule has 0 saturated heterocycles. The number of hydrogen-bond acceptors (Lipinski definition) is 5. The fourth-order valence-electron chi connectivity index (χ4n) is 2.37. The molecule has 0 unspecified atom stereocenters. The maximum absolute atomic E-state index is 12.0. The Bertz CT molecular complexity index is 666. The largest absolute Gasteiger partial charge is 0.351 e. The predicted molar refractivity (Wildman–Crippen MR) is 84.5 cm³/mol. The Kier molecular flexibility index (Phi) is 4.17. The summed E-state index contributed by atoms with van der Waals surface area (Å²) in [5.74, 6) is -0.118. The second kappa shape index (κ2) is 6.07. The number of carbonyl (C=O) groups is 2. The number of nitrogens with zero attached hydrogens (tertiary/aromatic N) is 1. The fraction of sp³-hybridized carbons (Fsp3) is 0.400. The zero-order chi connectivity index (χ0) is 14.8. The summed E-state index contributed by atoms with van der Waals surface area (Å²) in [4.78, 5) is 30.4. The van der Waals surface area contributed by atoms with Gasteiger partial charge < -0.3 is 5.32 Å². The molecule has 3 rings (SSSR count). The average molecular weight is 320 g/mol. The molecule has 0 aliphatic heterocycles. The number of amides is 1. The minimum absolute atomic E-state index is 0.00338. The standard InChI is InChI=1S/C15H16N2O2S2/c1-9(18)11-5-6-13(20-11)15(19)16-8-7-14-17-10-3-2-4-12(10)21-14/h5-6H,2-4,7-8H2,1H3,(H,16,19). The summed E-state index contributed by atoms with van der Waals surface area (Å²) in [5, 5.41) is 4.00. The summed E-state index contributed by atoms with van der Waals surface area (Å²) in [6.07, 6.45) is 4.25. The van der Waals surface area contributed by atoms with Gasteiger partial charge in [0.05, 0.1) is 20.5 Å². The Hall–Kier alpha value is -1.53. The van der Waals surface area contributed by atoms with Gasteiger partial charge in [-0.15, -0.1) is 22.7 Å². The first-order valence-electron chi connectivity index (χ1n) is 7.00. The van der Waals surface area contributed by atoms with E-state index in [0.717, 1.165) is 24.3 Å². The maximum atomic E-state index is 12.0. The first-order valence-corrected chi connectivity index (χ1v) is 8.63. The van der Waals surface area contributed by atoms with Crippen LogP contribution in [0.3, 0.4) is 0 Å². The molecule has 1 aliphatic rings. The van der Waals surface area contributed by atoms with Crippen molar-refractivity contribution in [2.45, 2.75) is 32.6 Å². The van der Waals surface area contributed by atoms with Crippen molar-refractivity contribution in [1.29, 1.82) is 0 Å². The summed E-state index contributed by atoms with van der Waals surface area (Å²) >= 11 is 3.01. The van der Waals surface area contributed by atoms with E-state index in [0.29, 0.717) is 16.3 Å². The molecular weight excluding hydrogens is 304 g/mol. The molecule has 0 fully saturated rings. The molecular formula is C15H16N2O2S2. The highest BCUT2D eigenvalue weighted by molar-refractivity contribution is 7.16. The fourth-order valence-corrected chi connectivity index (χ4v) is 4.34. The molecule has 21 heavy (non-hydrogen) atoms. The van der Waals surface area contributed by atoms with Gasteiger partial charge in [-0.25, -0.2) is 4.98 Å². The van der Waals surface area contributed by atoms with Gasteiger partial charge in [0.1, 0.15) is 0 Å². The van der Waals surface area contributed by atoms with Crippen molar-refractivity contribution in [3.63, 3.8) is 0 Å². The Morgan fingerprint density at radius 1 is 1.24 bits per heavy atom. The number of rotatable bonds is 5. The van der Waals surface area contributed by atoms with E-state index in [2.05, 4.69) is 10.3 Å². The predicted octanol–water partition coefficient (Wildman–Crippen LogP) is 2.87. The molecule has 0 spiro atoms. The van der Waals surface area contributed by atoms with E-state index in [-0.39, 0.29) is 11.7 Å². The van der Waals surface area contributed by atoms with E-state index in [9.17, 15) is 9.59 Å². The highest BCUT2D eigenvalue weighted by atomic mass is 32.1. The lowest BCUT2D eigenvalue weighted by molar-refractivity contribution is 0.0957. The Balaban J connectivity index is 1.52. The van der Waals surface area contributed by atoms with Gasteiger partial charge in [-0.2, -0.15) is 0 Å². The first kappa shape index (κ1) is 14.4. The van der Waals surface area contributed by atoms with Crippen LogP contribution in [0.1, 0.15) is 48.3 Å². The van der Waals surface area contributed by atoms with E-state index >= 15 is 0 Å². The number of carbonyl (C=O) groups excluding carboxylic acids is 2. The first-order chi connectivity index (χ1) is 10.1. The van der Waals surface area contributed by atoms with Gasteiger partial charge in [0, 0.05) is 17.8 Å². The number of ketones is 1. The molecule has 0 aromatic carbocycles. The number of thiophene rings is 1. The molecule has 2 aromatic heterocycles. The van der Waals surface area contributed by atoms with Gasteiger partial charge in [0.15, 0.2) is 5.78 Å². The summed E-state index contributed by atoms with van der Waals surface area (Å²) in [5.41, 5.74) is 1.26. The van der Waals surface area contributed by atoms with Crippen molar-refractivity contribution in [2.24, 2.45) is 0 Å².